The highest BCUT2D eigenvalue weighted by atomic mass is 15.3. The van der Waals surface area contributed by atoms with Crippen LogP contribution in [0.5, 0.6) is 0 Å². The van der Waals surface area contributed by atoms with Crippen molar-refractivity contribution in [3.05, 3.63) is 17.0 Å². The molecule has 0 aliphatic heterocycles. The third-order valence-corrected chi connectivity index (χ3v) is 3.82. The maximum absolute atomic E-state index is 4.57. The number of likely N-dealkylation sites (N-methyl/N-ethyl adjacent to an activating group) is 1. The van der Waals surface area contributed by atoms with Crippen LogP contribution in [-0.4, -0.2) is 47.4 Å². The minimum Gasteiger partial charge on any atom is -0.313 e. The molecule has 4 nitrogen and oxygen atoms in total. The quantitative estimate of drug-likeness (QED) is 0.781. The van der Waals surface area contributed by atoms with Gasteiger partial charge >= 0.3 is 0 Å². The van der Waals surface area contributed by atoms with Gasteiger partial charge in [-0.2, -0.15) is 5.10 Å². The first-order valence-corrected chi connectivity index (χ1v) is 7.44. The normalized spacial score (nSPS) is 13.2. The Labute approximate surface area is 118 Å². The standard InChI is InChI=1S/C15H30N4/c1-7-18(6)11-12(3)16-10-9-15-13(4)17-19(8-2)14(15)5/h12,16H,7-11H2,1-6H3. The second-order valence-electron chi connectivity index (χ2n) is 5.43. The van der Waals surface area contributed by atoms with E-state index in [1.165, 1.54) is 17.0 Å². The van der Waals surface area contributed by atoms with Gasteiger partial charge in [0.25, 0.3) is 0 Å². The van der Waals surface area contributed by atoms with Crippen molar-refractivity contribution in [1.29, 1.82) is 0 Å². The van der Waals surface area contributed by atoms with Crippen molar-refractivity contribution in [3.63, 3.8) is 0 Å². The number of nitrogens with zero attached hydrogens (tertiary/aromatic N) is 3. The van der Waals surface area contributed by atoms with Crippen LogP contribution >= 0.6 is 0 Å². The molecule has 1 aromatic heterocycles. The van der Waals surface area contributed by atoms with Gasteiger partial charge in [0.15, 0.2) is 0 Å². The van der Waals surface area contributed by atoms with Gasteiger partial charge in [0.2, 0.25) is 0 Å². The molecule has 1 N–H and O–H groups in total. The van der Waals surface area contributed by atoms with Gasteiger partial charge < -0.3 is 10.2 Å². The van der Waals surface area contributed by atoms with Gasteiger partial charge in [0.1, 0.15) is 0 Å². The zero-order valence-electron chi connectivity index (χ0n) is 13.5. The van der Waals surface area contributed by atoms with E-state index in [-0.39, 0.29) is 0 Å². The number of aryl methyl sites for hydroxylation is 2. The molecule has 0 bridgehead atoms. The fourth-order valence-corrected chi connectivity index (χ4v) is 2.51. The Hall–Kier alpha value is -0.870. The second kappa shape index (κ2) is 7.65. The van der Waals surface area contributed by atoms with Gasteiger partial charge in [-0.05, 0) is 59.8 Å². The predicted molar refractivity (Wildman–Crippen MR) is 81.7 cm³/mol. The van der Waals surface area contributed by atoms with Crippen LogP contribution < -0.4 is 5.32 Å². The molecule has 0 aromatic carbocycles. The smallest absolute Gasteiger partial charge is 0.0628 e. The Morgan fingerprint density at radius 3 is 2.53 bits per heavy atom. The first kappa shape index (κ1) is 16.2. The summed E-state index contributed by atoms with van der Waals surface area (Å²) >= 11 is 0. The Bertz CT molecular complexity index is 384. The van der Waals surface area contributed by atoms with Crippen LogP contribution in [0.25, 0.3) is 0 Å². The van der Waals surface area contributed by atoms with E-state index in [1.807, 2.05) is 0 Å². The van der Waals surface area contributed by atoms with Crippen LogP contribution in [0.4, 0.5) is 0 Å². The van der Waals surface area contributed by atoms with Gasteiger partial charge in [-0.1, -0.05) is 6.92 Å². The molecular weight excluding hydrogens is 236 g/mol. The molecule has 19 heavy (non-hydrogen) atoms. The summed E-state index contributed by atoms with van der Waals surface area (Å²) in [4.78, 5) is 2.34. The Kier molecular flexibility index (Phi) is 6.52. The van der Waals surface area contributed by atoms with Crippen LogP contribution in [0.15, 0.2) is 0 Å². The Morgan fingerprint density at radius 1 is 1.32 bits per heavy atom. The molecule has 0 fully saturated rings. The lowest BCUT2D eigenvalue weighted by Gasteiger charge is -2.20. The van der Waals surface area contributed by atoms with E-state index in [2.05, 4.69) is 61.7 Å². The summed E-state index contributed by atoms with van der Waals surface area (Å²) < 4.78 is 2.10. The first-order chi connectivity index (χ1) is 8.99. The Balaban J connectivity index is 2.43. The summed E-state index contributed by atoms with van der Waals surface area (Å²) in [6.45, 7) is 15.1. The lowest BCUT2D eigenvalue weighted by atomic mass is 10.1. The van der Waals surface area contributed by atoms with Crippen molar-refractivity contribution >= 4 is 0 Å². The van der Waals surface area contributed by atoms with Crippen molar-refractivity contribution in [2.24, 2.45) is 0 Å². The summed E-state index contributed by atoms with van der Waals surface area (Å²) in [7, 11) is 2.16. The Morgan fingerprint density at radius 2 is 2.00 bits per heavy atom. The highest BCUT2D eigenvalue weighted by Crippen LogP contribution is 2.13. The second-order valence-corrected chi connectivity index (χ2v) is 5.43. The average molecular weight is 266 g/mol. The van der Waals surface area contributed by atoms with Crippen molar-refractivity contribution in [2.75, 3.05) is 26.7 Å². The summed E-state index contributed by atoms with van der Waals surface area (Å²) in [5, 5.41) is 8.17. The predicted octanol–water partition coefficient (Wildman–Crippen LogP) is 1.99. The minimum absolute atomic E-state index is 0.534. The summed E-state index contributed by atoms with van der Waals surface area (Å²) in [6.07, 6.45) is 1.07. The molecule has 110 valence electrons. The fourth-order valence-electron chi connectivity index (χ4n) is 2.51. The molecular formula is C15H30N4. The molecule has 1 heterocycles. The van der Waals surface area contributed by atoms with Crippen molar-refractivity contribution in [1.82, 2.24) is 20.0 Å². The molecule has 0 spiro atoms. The zero-order chi connectivity index (χ0) is 14.4. The molecule has 0 saturated heterocycles. The summed E-state index contributed by atoms with van der Waals surface area (Å²) in [6, 6.07) is 0.534. The molecule has 0 saturated carbocycles. The number of hydrogen-bond donors (Lipinski definition) is 1. The average Bonchev–Trinajstić information content (AvgIpc) is 2.65. The fraction of sp³-hybridized carbons (Fsp3) is 0.800. The van der Waals surface area contributed by atoms with E-state index in [0.29, 0.717) is 6.04 Å². The molecule has 0 radical (unpaired) electrons. The maximum atomic E-state index is 4.57. The largest absolute Gasteiger partial charge is 0.313 e. The number of hydrogen-bond acceptors (Lipinski definition) is 3. The molecule has 1 atom stereocenters. The van der Waals surface area contributed by atoms with Gasteiger partial charge in [-0.3, -0.25) is 4.68 Å². The number of nitrogens with one attached hydrogen (secondary N) is 1. The molecule has 1 unspecified atom stereocenters. The van der Waals surface area contributed by atoms with Crippen molar-refractivity contribution in [2.45, 2.75) is 53.6 Å². The van der Waals surface area contributed by atoms with E-state index in [1.54, 1.807) is 0 Å². The molecule has 4 heteroatoms. The SMILES string of the molecule is CCN(C)CC(C)NCCc1c(C)nn(CC)c1C. The van der Waals surface area contributed by atoms with Crippen LogP contribution in [0.1, 0.15) is 37.7 Å². The lowest BCUT2D eigenvalue weighted by Crippen LogP contribution is -2.38. The third-order valence-electron chi connectivity index (χ3n) is 3.82. The summed E-state index contributed by atoms with van der Waals surface area (Å²) in [5.74, 6) is 0. The van der Waals surface area contributed by atoms with Gasteiger partial charge in [-0.25, -0.2) is 0 Å². The van der Waals surface area contributed by atoms with E-state index in [9.17, 15) is 0 Å². The third kappa shape index (κ3) is 4.62. The molecule has 0 aliphatic carbocycles. The van der Waals surface area contributed by atoms with Crippen molar-refractivity contribution in [3.8, 4) is 0 Å². The van der Waals surface area contributed by atoms with Gasteiger partial charge in [-0.15, -0.1) is 0 Å². The molecule has 1 aromatic rings. The molecule has 0 amide bonds. The van der Waals surface area contributed by atoms with E-state index >= 15 is 0 Å². The summed E-state index contributed by atoms with van der Waals surface area (Å²) in [5.41, 5.74) is 3.91. The monoisotopic (exact) mass is 266 g/mol. The maximum Gasteiger partial charge on any atom is 0.0628 e. The minimum atomic E-state index is 0.534. The van der Waals surface area contributed by atoms with Crippen LogP contribution in [0.3, 0.4) is 0 Å². The highest BCUT2D eigenvalue weighted by molar-refractivity contribution is 5.24. The van der Waals surface area contributed by atoms with E-state index in [4.69, 9.17) is 0 Å². The van der Waals surface area contributed by atoms with E-state index < -0.39 is 0 Å². The highest BCUT2D eigenvalue weighted by Gasteiger charge is 2.11. The number of rotatable bonds is 8. The number of aromatic nitrogens is 2. The first-order valence-electron chi connectivity index (χ1n) is 7.44. The zero-order valence-corrected chi connectivity index (χ0v) is 13.5. The van der Waals surface area contributed by atoms with Gasteiger partial charge in [0.05, 0.1) is 5.69 Å². The molecule has 0 aliphatic rings. The topological polar surface area (TPSA) is 33.1 Å². The van der Waals surface area contributed by atoms with E-state index in [0.717, 1.165) is 32.6 Å². The van der Waals surface area contributed by atoms with Crippen LogP contribution in [0, 0.1) is 13.8 Å². The molecule has 1 rings (SSSR count). The van der Waals surface area contributed by atoms with Crippen LogP contribution in [0.2, 0.25) is 0 Å². The van der Waals surface area contributed by atoms with Crippen LogP contribution in [-0.2, 0) is 13.0 Å². The van der Waals surface area contributed by atoms with Gasteiger partial charge in [0, 0.05) is 24.8 Å². The lowest BCUT2D eigenvalue weighted by molar-refractivity contribution is 0.311. The van der Waals surface area contributed by atoms with Crippen molar-refractivity contribution < 1.29 is 0 Å².